The summed E-state index contributed by atoms with van der Waals surface area (Å²) in [7, 11) is 0. The highest BCUT2D eigenvalue weighted by atomic mass is 14.6. The summed E-state index contributed by atoms with van der Waals surface area (Å²) < 4.78 is 0. The predicted octanol–water partition coefficient (Wildman–Crippen LogP) is 4.68. The van der Waals surface area contributed by atoms with Crippen LogP contribution in [0.3, 0.4) is 0 Å². The molecule has 2 aliphatic carbocycles. The normalized spacial score (nSPS) is 32.3. The van der Waals surface area contributed by atoms with E-state index in [0.29, 0.717) is 16.7 Å². The van der Waals surface area contributed by atoms with Crippen LogP contribution in [0, 0.1) is 10.8 Å². The van der Waals surface area contributed by atoms with Crippen molar-refractivity contribution in [1.82, 2.24) is 0 Å². The number of rotatable bonds is 1. The molecule has 0 saturated carbocycles. The van der Waals surface area contributed by atoms with Crippen LogP contribution < -0.4 is 5.73 Å². The Kier molecular flexibility index (Phi) is 2.78. The highest BCUT2D eigenvalue weighted by molar-refractivity contribution is 5.49. The smallest absolute Gasteiger partial charge is 0.0317 e. The summed E-state index contributed by atoms with van der Waals surface area (Å²) in [5, 5.41) is 0. The molecule has 1 heteroatoms. The molecule has 3 rings (SSSR count). The summed E-state index contributed by atoms with van der Waals surface area (Å²) in [5.41, 5.74) is 10.6. The maximum atomic E-state index is 6.00. The molecule has 102 valence electrons. The minimum Gasteiger partial charge on any atom is -0.399 e. The van der Waals surface area contributed by atoms with E-state index in [0.717, 1.165) is 5.69 Å². The molecule has 1 aromatic carbocycles. The Morgan fingerprint density at radius 3 is 2.74 bits per heavy atom. The van der Waals surface area contributed by atoms with E-state index in [1.54, 1.807) is 0 Å². The molecule has 1 aromatic rings. The molecule has 1 nitrogen and oxygen atoms in total. The molecule has 2 atom stereocenters. The molecule has 0 spiro atoms. The van der Waals surface area contributed by atoms with Gasteiger partial charge in [0.05, 0.1) is 0 Å². The number of fused-ring (bicyclic) bond motifs is 1. The van der Waals surface area contributed by atoms with Gasteiger partial charge in [-0.15, -0.1) is 0 Å². The van der Waals surface area contributed by atoms with Gasteiger partial charge in [0.15, 0.2) is 0 Å². The van der Waals surface area contributed by atoms with E-state index in [2.05, 4.69) is 45.1 Å². The van der Waals surface area contributed by atoms with E-state index < -0.39 is 0 Å². The van der Waals surface area contributed by atoms with Gasteiger partial charge in [0.25, 0.3) is 0 Å². The van der Waals surface area contributed by atoms with Crippen LogP contribution in [-0.2, 0) is 6.42 Å². The van der Waals surface area contributed by atoms with E-state index in [4.69, 9.17) is 5.73 Å². The maximum Gasteiger partial charge on any atom is 0.0317 e. The van der Waals surface area contributed by atoms with Crippen molar-refractivity contribution in [1.29, 1.82) is 0 Å². The van der Waals surface area contributed by atoms with E-state index in [9.17, 15) is 0 Å². The molecule has 0 heterocycles. The molecular weight excluding hydrogens is 230 g/mol. The number of nitrogen functional groups attached to an aromatic ring is 1. The van der Waals surface area contributed by atoms with Gasteiger partial charge in [0.2, 0.25) is 0 Å². The maximum absolute atomic E-state index is 6.00. The van der Waals surface area contributed by atoms with Crippen LogP contribution in [0.25, 0.3) is 0 Å². The molecule has 0 aliphatic heterocycles. The van der Waals surface area contributed by atoms with Gasteiger partial charge in [-0.05, 0) is 65.7 Å². The Bertz CT molecular complexity index is 526. The minimum absolute atomic E-state index is 0.292. The summed E-state index contributed by atoms with van der Waals surface area (Å²) in [4.78, 5) is 0. The zero-order chi connectivity index (χ0) is 13.7. The summed E-state index contributed by atoms with van der Waals surface area (Å²) in [5.74, 6) is 0.641. The SMILES string of the molecule is CC1(C)CC=CC(C)(C2CCc3ccc(N)cc32)C1. The summed E-state index contributed by atoms with van der Waals surface area (Å²) in [6.45, 7) is 7.22. The molecular formula is C18H25N. The van der Waals surface area contributed by atoms with Gasteiger partial charge in [-0.25, -0.2) is 0 Å². The Morgan fingerprint density at radius 1 is 1.21 bits per heavy atom. The Hall–Kier alpha value is -1.24. The fourth-order valence-corrected chi connectivity index (χ4v) is 4.35. The average molecular weight is 255 g/mol. The third-order valence-electron chi connectivity index (χ3n) is 5.07. The predicted molar refractivity (Wildman–Crippen MR) is 82.2 cm³/mol. The van der Waals surface area contributed by atoms with Crippen LogP contribution in [0.1, 0.15) is 57.1 Å². The Labute approximate surface area is 116 Å². The summed E-state index contributed by atoms with van der Waals surface area (Å²) in [6.07, 6.45) is 9.84. The fourth-order valence-electron chi connectivity index (χ4n) is 4.35. The fraction of sp³-hybridized carbons (Fsp3) is 0.556. The molecule has 0 fully saturated rings. The van der Waals surface area contributed by atoms with Crippen molar-refractivity contribution in [2.75, 3.05) is 5.73 Å². The second-order valence-electron chi connectivity index (χ2n) is 7.50. The third kappa shape index (κ3) is 2.20. The van der Waals surface area contributed by atoms with Gasteiger partial charge in [-0.1, -0.05) is 39.0 Å². The first-order valence-corrected chi connectivity index (χ1v) is 7.46. The van der Waals surface area contributed by atoms with Crippen molar-refractivity contribution in [3.63, 3.8) is 0 Å². The first kappa shape index (κ1) is 12.8. The van der Waals surface area contributed by atoms with E-state index >= 15 is 0 Å². The van der Waals surface area contributed by atoms with Crippen molar-refractivity contribution in [2.24, 2.45) is 10.8 Å². The lowest BCUT2D eigenvalue weighted by Gasteiger charge is -2.43. The van der Waals surface area contributed by atoms with Crippen molar-refractivity contribution < 1.29 is 0 Å². The van der Waals surface area contributed by atoms with E-state index in [1.165, 1.54) is 36.8 Å². The number of hydrogen-bond acceptors (Lipinski definition) is 1. The van der Waals surface area contributed by atoms with Crippen LogP contribution in [0.2, 0.25) is 0 Å². The lowest BCUT2D eigenvalue weighted by molar-refractivity contribution is 0.174. The second kappa shape index (κ2) is 4.13. The molecule has 2 N–H and O–H groups in total. The standard InChI is InChI=1S/C18H25N/c1-17(2)9-4-10-18(3,12-17)16-8-6-13-5-7-14(19)11-15(13)16/h4-5,7,10-11,16H,6,8-9,12,19H2,1-3H3. The van der Waals surface area contributed by atoms with E-state index in [-0.39, 0.29) is 0 Å². The largest absolute Gasteiger partial charge is 0.399 e. The van der Waals surface area contributed by atoms with Crippen LogP contribution in [0.5, 0.6) is 0 Å². The zero-order valence-electron chi connectivity index (χ0n) is 12.4. The highest BCUT2D eigenvalue weighted by Crippen LogP contribution is 2.54. The van der Waals surface area contributed by atoms with Gasteiger partial charge in [-0.3, -0.25) is 0 Å². The minimum atomic E-state index is 0.292. The monoisotopic (exact) mass is 255 g/mol. The van der Waals surface area contributed by atoms with Gasteiger partial charge in [0.1, 0.15) is 0 Å². The van der Waals surface area contributed by atoms with Crippen LogP contribution in [0.15, 0.2) is 30.4 Å². The highest BCUT2D eigenvalue weighted by Gasteiger charge is 2.42. The van der Waals surface area contributed by atoms with Crippen molar-refractivity contribution in [3.05, 3.63) is 41.5 Å². The van der Waals surface area contributed by atoms with Crippen molar-refractivity contribution in [3.8, 4) is 0 Å². The summed E-state index contributed by atoms with van der Waals surface area (Å²) >= 11 is 0. The van der Waals surface area contributed by atoms with Crippen molar-refractivity contribution >= 4 is 5.69 Å². The Morgan fingerprint density at radius 2 is 2.00 bits per heavy atom. The molecule has 2 unspecified atom stereocenters. The number of allylic oxidation sites excluding steroid dienone is 2. The van der Waals surface area contributed by atoms with Crippen LogP contribution >= 0.6 is 0 Å². The lowest BCUT2D eigenvalue weighted by Crippen LogP contribution is -2.31. The quantitative estimate of drug-likeness (QED) is 0.572. The van der Waals surface area contributed by atoms with Gasteiger partial charge in [-0.2, -0.15) is 0 Å². The molecule has 0 bridgehead atoms. The van der Waals surface area contributed by atoms with Crippen LogP contribution in [-0.4, -0.2) is 0 Å². The van der Waals surface area contributed by atoms with Gasteiger partial charge < -0.3 is 5.73 Å². The van der Waals surface area contributed by atoms with Crippen LogP contribution in [0.4, 0.5) is 5.69 Å². The topological polar surface area (TPSA) is 26.0 Å². The average Bonchev–Trinajstić information content (AvgIpc) is 2.70. The molecule has 0 aromatic heterocycles. The number of aryl methyl sites for hydroxylation is 1. The molecule has 2 aliphatic rings. The zero-order valence-corrected chi connectivity index (χ0v) is 12.4. The van der Waals surface area contributed by atoms with Gasteiger partial charge in [0, 0.05) is 5.69 Å². The Balaban J connectivity index is 1.99. The first-order valence-electron chi connectivity index (χ1n) is 7.46. The second-order valence-corrected chi connectivity index (χ2v) is 7.50. The number of nitrogens with two attached hydrogens (primary N) is 1. The number of hydrogen-bond donors (Lipinski definition) is 1. The molecule has 0 radical (unpaired) electrons. The first-order chi connectivity index (χ1) is 8.90. The van der Waals surface area contributed by atoms with Gasteiger partial charge >= 0.3 is 0 Å². The molecule has 0 saturated heterocycles. The molecule has 0 amide bonds. The lowest BCUT2D eigenvalue weighted by atomic mass is 9.61. The summed E-state index contributed by atoms with van der Waals surface area (Å²) in [6, 6.07) is 6.49. The third-order valence-corrected chi connectivity index (χ3v) is 5.07. The molecule has 19 heavy (non-hydrogen) atoms. The van der Waals surface area contributed by atoms with E-state index in [1.807, 2.05) is 6.07 Å². The number of anilines is 1. The number of benzene rings is 1. The van der Waals surface area contributed by atoms with Crippen molar-refractivity contribution in [2.45, 2.75) is 52.4 Å².